The minimum absolute atomic E-state index is 0.104. The number of aliphatic hydroxyl groups is 4. The van der Waals surface area contributed by atoms with E-state index in [-0.39, 0.29) is 6.61 Å². The fourth-order valence-corrected chi connectivity index (χ4v) is 9.82. The van der Waals surface area contributed by atoms with E-state index in [9.17, 15) is 20.4 Å². The summed E-state index contributed by atoms with van der Waals surface area (Å²) in [6, 6.07) is 40.1. The first-order valence-corrected chi connectivity index (χ1v) is 15.8. The van der Waals surface area contributed by atoms with Crippen molar-refractivity contribution in [1.29, 1.82) is 0 Å². The molecule has 4 N–H and O–H groups in total. The summed E-state index contributed by atoms with van der Waals surface area (Å²) in [4.78, 5) is 0. The highest BCUT2D eigenvalue weighted by Gasteiger charge is 2.48. The van der Waals surface area contributed by atoms with Gasteiger partial charge in [-0.2, -0.15) is 0 Å². The van der Waals surface area contributed by atoms with Crippen molar-refractivity contribution >= 4 is 28.5 Å². The van der Waals surface area contributed by atoms with Crippen LogP contribution in [0.2, 0.25) is 0 Å². The molecule has 1 fully saturated rings. The molecule has 1 aliphatic heterocycles. The zero-order chi connectivity index (χ0) is 29.8. The summed E-state index contributed by atoms with van der Waals surface area (Å²) in [7, 11) is -2.21. The minimum atomic E-state index is -2.21. The van der Waals surface area contributed by atoms with Gasteiger partial charge < -0.3 is 29.9 Å². The van der Waals surface area contributed by atoms with Gasteiger partial charge in [0.25, 0.3) is 0 Å². The highest BCUT2D eigenvalue weighted by atomic mass is 31.2. The van der Waals surface area contributed by atoms with Crippen LogP contribution in [0.5, 0.6) is 5.75 Å². The predicted octanol–water partition coefficient (Wildman–Crippen LogP) is 1.45. The highest BCUT2D eigenvalue weighted by Crippen LogP contribution is 2.54. The van der Waals surface area contributed by atoms with Gasteiger partial charge in [0.2, 0.25) is 0 Å². The molecule has 220 valence electrons. The Bertz CT molecular complexity index is 1510. The normalized spacial score (nSPS) is 22.3. The number of hydrogen-bond acceptors (Lipinski definition) is 8. The van der Waals surface area contributed by atoms with Gasteiger partial charge >= 0.3 is 0 Å². The molecule has 2 heterocycles. The Labute approximate surface area is 249 Å². The quantitative estimate of drug-likeness (QED) is 0.188. The van der Waals surface area contributed by atoms with Crippen molar-refractivity contribution in [1.82, 2.24) is 15.0 Å². The second-order valence-corrected chi connectivity index (χ2v) is 13.8. The fourth-order valence-electron chi connectivity index (χ4n) is 5.58. The first kappa shape index (κ1) is 29.1. The van der Waals surface area contributed by atoms with Crippen molar-refractivity contribution < 1.29 is 29.9 Å². The second kappa shape index (κ2) is 12.7. The van der Waals surface area contributed by atoms with Crippen LogP contribution in [0.15, 0.2) is 121 Å². The molecule has 0 spiro atoms. The maximum absolute atomic E-state index is 10.4. The predicted molar refractivity (Wildman–Crippen MR) is 165 cm³/mol. The Balaban J connectivity index is 1.26. The number of rotatable bonds is 9. The van der Waals surface area contributed by atoms with E-state index in [1.807, 2.05) is 30.3 Å². The molecular weight excluding hydrogens is 565 g/mol. The van der Waals surface area contributed by atoms with Crippen LogP contribution in [-0.2, 0) is 11.3 Å². The molecule has 5 atom stereocenters. The number of aliphatic hydroxyl groups excluding tert-OH is 4. The highest BCUT2D eigenvalue weighted by molar-refractivity contribution is 8.01. The summed E-state index contributed by atoms with van der Waals surface area (Å²) in [6.45, 7) is -0.419. The lowest BCUT2D eigenvalue weighted by Crippen LogP contribution is -2.56. The topological polar surface area (TPSA) is 130 Å². The largest absolute Gasteiger partial charge is 0.487 e. The van der Waals surface area contributed by atoms with Gasteiger partial charge in [0.05, 0.1) is 12.8 Å². The van der Waals surface area contributed by atoms with Gasteiger partial charge in [0.15, 0.2) is 6.23 Å². The van der Waals surface area contributed by atoms with Crippen LogP contribution in [0.3, 0.4) is 0 Å². The van der Waals surface area contributed by atoms with E-state index in [2.05, 4.69) is 95.2 Å². The maximum atomic E-state index is 10.4. The molecule has 1 aliphatic rings. The van der Waals surface area contributed by atoms with Gasteiger partial charge in [0, 0.05) is 0 Å². The molecular formula is C33H33N3O6P+. The van der Waals surface area contributed by atoms with E-state index in [1.165, 1.54) is 32.1 Å². The summed E-state index contributed by atoms with van der Waals surface area (Å²) >= 11 is 0. The lowest BCUT2D eigenvalue weighted by atomic mass is 9.98. The van der Waals surface area contributed by atoms with Gasteiger partial charge in [-0.1, -0.05) is 59.8 Å². The lowest BCUT2D eigenvalue weighted by Gasteiger charge is -2.39. The van der Waals surface area contributed by atoms with Gasteiger partial charge in [-0.15, -0.1) is 5.10 Å². The Kier molecular flexibility index (Phi) is 8.63. The summed E-state index contributed by atoms with van der Waals surface area (Å²) in [5.74, 6) is 0.651. The zero-order valence-corrected chi connectivity index (χ0v) is 24.1. The molecule has 0 amide bonds. The van der Waals surface area contributed by atoms with Crippen molar-refractivity contribution in [3.05, 3.63) is 127 Å². The van der Waals surface area contributed by atoms with Gasteiger partial charge in [0.1, 0.15) is 70.9 Å². The maximum Gasteiger partial charge on any atom is 0.180 e. The SMILES string of the molecule is OC[C@H]1O[C@@H](n2cc(COc3ccc([P+](c4ccccc4)(c4ccccc4)c4ccccc4)cc3)nn2)[C@H](O)[C@@H](O)[C@@H]1O. The number of nitrogens with zero attached hydrogens (tertiary/aromatic N) is 3. The second-order valence-electron chi connectivity index (χ2n) is 10.4. The molecule has 0 aliphatic carbocycles. The standard InChI is InChI=1S/C33H33N3O6P/c37-21-29-30(38)31(39)32(40)33(42-29)36-20-23(34-35-36)22-41-24-16-18-28(19-17-24)43(25-10-4-1-5-11-25,26-12-6-2-7-13-26)27-14-8-3-9-15-27/h1-20,29-33,37-40H,21-22H2/q+1/t29-,30-,31+,32-,33-/m1/s1. The molecule has 4 aromatic carbocycles. The van der Waals surface area contributed by atoms with E-state index in [0.29, 0.717) is 11.4 Å². The Hall–Kier alpha value is -3.95. The van der Waals surface area contributed by atoms with Crippen LogP contribution in [-0.4, -0.2) is 66.4 Å². The van der Waals surface area contributed by atoms with E-state index in [4.69, 9.17) is 9.47 Å². The van der Waals surface area contributed by atoms with Crippen molar-refractivity contribution in [3.8, 4) is 5.75 Å². The van der Waals surface area contributed by atoms with Crippen molar-refractivity contribution in [2.24, 2.45) is 0 Å². The van der Waals surface area contributed by atoms with Crippen LogP contribution < -0.4 is 26.0 Å². The van der Waals surface area contributed by atoms with E-state index < -0.39 is 44.5 Å². The Morgan fingerprint density at radius 2 is 1.19 bits per heavy atom. The first-order valence-electron chi connectivity index (χ1n) is 14.0. The van der Waals surface area contributed by atoms with Crippen LogP contribution in [0, 0.1) is 0 Å². The third-order valence-electron chi connectivity index (χ3n) is 7.73. The summed E-state index contributed by atoms with van der Waals surface area (Å²) in [5, 5.41) is 53.1. The smallest absolute Gasteiger partial charge is 0.180 e. The fraction of sp³-hybridized carbons (Fsp3) is 0.212. The molecule has 6 rings (SSSR count). The molecule has 0 unspecified atom stereocenters. The van der Waals surface area contributed by atoms with Crippen molar-refractivity contribution in [2.45, 2.75) is 37.3 Å². The molecule has 43 heavy (non-hydrogen) atoms. The Morgan fingerprint density at radius 3 is 1.70 bits per heavy atom. The summed E-state index contributed by atoms with van der Waals surface area (Å²) in [6.07, 6.45) is -5.03. The number of ether oxygens (including phenoxy) is 2. The third kappa shape index (κ3) is 5.59. The van der Waals surface area contributed by atoms with Crippen LogP contribution in [0.4, 0.5) is 0 Å². The molecule has 9 nitrogen and oxygen atoms in total. The molecule has 0 radical (unpaired) electrons. The molecule has 0 saturated carbocycles. The number of benzene rings is 4. The van der Waals surface area contributed by atoms with Gasteiger partial charge in [-0.05, 0) is 60.7 Å². The minimum Gasteiger partial charge on any atom is -0.487 e. The number of hydrogen-bond donors (Lipinski definition) is 4. The molecule has 10 heteroatoms. The molecule has 5 aromatic rings. The van der Waals surface area contributed by atoms with Gasteiger partial charge in [-0.25, -0.2) is 4.68 Å². The summed E-state index contributed by atoms with van der Waals surface area (Å²) < 4.78 is 12.9. The average molecular weight is 599 g/mol. The molecule has 1 aromatic heterocycles. The zero-order valence-electron chi connectivity index (χ0n) is 23.2. The molecule has 0 bridgehead atoms. The van der Waals surface area contributed by atoms with Crippen LogP contribution in [0.1, 0.15) is 11.9 Å². The monoisotopic (exact) mass is 598 g/mol. The van der Waals surface area contributed by atoms with E-state index in [1.54, 1.807) is 0 Å². The average Bonchev–Trinajstić information content (AvgIpc) is 3.54. The summed E-state index contributed by atoms with van der Waals surface area (Å²) in [5.41, 5.74) is 0.473. The molecule has 1 saturated heterocycles. The van der Waals surface area contributed by atoms with E-state index in [0.717, 1.165) is 0 Å². The van der Waals surface area contributed by atoms with Crippen LogP contribution >= 0.6 is 7.26 Å². The third-order valence-corrected chi connectivity index (χ3v) is 12.0. The van der Waals surface area contributed by atoms with E-state index >= 15 is 0 Å². The lowest BCUT2D eigenvalue weighted by molar-refractivity contribution is -0.254. The Morgan fingerprint density at radius 1 is 0.674 bits per heavy atom. The first-order chi connectivity index (χ1) is 21.0. The van der Waals surface area contributed by atoms with Crippen molar-refractivity contribution in [3.63, 3.8) is 0 Å². The van der Waals surface area contributed by atoms with Gasteiger partial charge in [-0.3, -0.25) is 0 Å². The number of aromatic nitrogens is 3. The van der Waals surface area contributed by atoms with Crippen molar-refractivity contribution in [2.75, 3.05) is 6.61 Å². The van der Waals surface area contributed by atoms with Crippen LogP contribution in [0.25, 0.3) is 0 Å².